The lowest BCUT2D eigenvalue weighted by Crippen LogP contribution is -2.47. The number of hydrogen-bond acceptors (Lipinski definition) is 2. The fourth-order valence-electron chi connectivity index (χ4n) is 5.18. The van der Waals surface area contributed by atoms with Gasteiger partial charge < -0.3 is 5.32 Å². The number of nitrogens with zero attached hydrogens (tertiary/aromatic N) is 1. The summed E-state index contributed by atoms with van der Waals surface area (Å²) in [5.41, 5.74) is 3.04. The molecule has 1 aromatic rings. The van der Waals surface area contributed by atoms with Crippen LogP contribution in [-0.2, 0) is 11.2 Å². The summed E-state index contributed by atoms with van der Waals surface area (Å²) in [6, 6.07) is 9.90. The second-order valence-electron chi connectivity index (χ2n) is 8.28. The summed E-state index contributed by atoms with van der Waals surface area (Å²) in [6.07, 6.45) is 12.2. The first kappa shape index (κ1) is 17.1. The molecule has 1 saturated heterocycles. The lowest BCUT2D eigenvalue weighted by atomic mass is 9.85. The van der Waals surface area contributed by atoms with Gasteiger partial charge in [0.15, 0.2) is 0 Å². The van der Waals surface area contributed by atoms with E-state index in [0.717, 1.165) is 25.9 Å². The van der Waals surface area contributed by atoms with Gasteiger partial charge in [0, 0.05) is 18.6 Å². The molecule has 1 saturated carbocycles. The van der Waals surface area contributed by atoms with E-state index in [-0.39, 0.29) is 5.92 Å². The average molecular weight is 341 g/mol. The molecule has 136 valence electrons. The fraction of sp³-hybridized carbons (Fsp3) is 0.682. The molecule has 2 fully saturated rings. The molecule has 1 aliphatic heterocycles. The van der Waals surface area contributed by atoms with Crippen molar-refractivity contribution in [2.75, 3.05) is 13.1 Å². The molecule has 25 heavy (non-hydrogen) atoms. The molecule has 3 nitrogen and oxygen atoms in total. The van der Waals surface area contributed by atoms with Crippen molar-refractivity contribution in [3.8, 4) is 0 Å². The van der Waals surface area contributed by atoms with Crippen molar-refractivity contribution in [2.45, 2.75) is 76.3 Å². The first-order chi connectivity index (χ1) is 12.3. The highest BCUT2D eigenvalue weighted by molar-refractivity contribution is 5.79. The summed E-state index contributed by atoms with van der Waals surface area (Å²) in [4.78, 5) is 15.4. The zero-order chi connectivity index (χ0) is 17.1. The maximum Gasteiger partial charge on any atom is 0.224 e. The molecule has 0 bridgehead atoms. The van der Waals surface area contributed by atoms with Crippen LogP contribution in [0, 0.1) is 5.92 Å². The topological polar surface area (TPSA) is 32.3 Å². The molecule has 3 aliphatic rings. The maximum absolute atomic E-state index is 12.8. The van der Waals surface area contributed by atoms with E-state index in [1.807, 2.05) is 0 Å². The van der Waals surface area contributed by atoms with Gasteiger partial charge in [-0.25, -0.2) is 0 Å². The Hall–Kier alpha value is -1.35. The summed E-state index contributed by atoms with van der Waals surface area (Å²) in [5, 5.41) is 3.37. The molecule has 3 heteroatoms. The van der Waals surface area contributed by atoms with Crippen molar-refractivity contribution < 1.29 is 4.79 Å². The molecule has 2 atom stereocenters. The highest BCUT2D eigenvalue weighted by Crippen LogP contribution is 2.36. The van der Waals surface area contributed by atoms with Crippen LogP contribution in [-0.4, -0.2) is 29.9 Å². The zero-order valence-corrected chi connectivity index (χ0v) is 15.4. The third kappa shape index (κ3) is 3.92. The Morgan fingerprint density at radius 2 is 1.80 bits per heavy atom. The Morgan fingerprint density at radius 3 is 2.68 bits per heavy atom. The van der Waals surface area contributed by atoms with Gasteiger partial charge in [-0.2, -0.15) is 0 Å². The second kappa shape index (κ2) is 7.90. The van der Waals surface area contributed by atoms with Crippen molar-refractivity contribution in [1.29, 1.82) is 0 Å². The van der Waals surface area contributed by atoms with Crippen LogP contribution in [0.25, 0.3) is 0 Å². The normalized spacial score (nSPS) is 28.3. The van der Waals surface area contributed by atoms with E-state index in [0.29, 0.717) is 18.0 Å². The highest BCUT2D eigenvalue weighted by atomic mass is 16.2. The minimum absolute atomic E-state index is 0.185. The highest BCUT2D eigenvalue weighted by Gasteiger charge is 2.33. The van der Waals surface area contributed by atoms with Gasteiger partial charge in [-0.1, -0.05) is 43.5 Å². The molecule has 1 aromatic carbocycles. The predicted molar refractivity (Wildman–Crippen MR) is 101 cm³/mol. The van der Waals surface area contributed by atoms with Gasteiger partial charge in [0.05, 0.1) is 5.92 Å². The Bertz CT molecular complexity index is 593. The lowest BCUT2D eigenvalue weighted by molar-refractivity contribution is -0.128. The standard InChI is InChI=1S/C22H32N2O/c25-22(23-19-11-2-1-3-12-19)18-10-7-15-24(16-18)21-14-6-9-17-8-4-5-13-20(17)21/h4-5,8,13,18-19,21H,1-3,6-7,9-12,14-16H2,(H,23,25)/t18-,21+/m0/s1. The van der Waals surface area contributed by atoms with Gasteiger partial charge in [-0.05, 0) is 62.6 Å². The van der Waals surface area contributed by atoms with E-state index in [1.54, 1.807) is 0 Å². The molecular formula is C22H32N2O. The monoisotopic (exact) mass is 340 g/mol. The van der Waals surface area contributed by atoms with Gasteiger partial charge in [0.2, 0.25) is 5.91 Å². The van der Waals surface area contributed by atoms with Crippen LogP contribution >= 0.6 is 0 Å². The largest absolute Gasteiger partial charge is 0.353 e. The van der Waals surface area contributed by atoms with Crippen LogP contribution in [0.15, 0.2) is 24.3 Å². The van der Waals surface area contributed by atoms with Crippen molar-refractivity contribution in [3.63, 3.8) is 0 Å². The van der Waals surface area contributed by atoms with Crippen molar-refractivity contribution in [1.82, 2.24) is 10.2 Å². The number of amides is 1. The summed E-state index contributed by atoms with van der Waals surface area (Å²) >= 11 is 0. The molecule has 1 amide bonds. The molecule has 4 rings (SSSR count). The number of likely N-dealkylation sites (tertiary alicyclic amines) is 1. The van der Waals surface area contributed by atoms with Crippen molar-refractivity contribution in [2.24, 2.45) is 5.92 Å². The van der Waals surface area contributed by atoms with Crippen molar-refractivity contribution >= 4 is 5.91 Å². The number of nitrogens with one attached hydrogen (secondary N) is 1. The number of fused-ring (bicyclic) bond motifs is 1. The quantitative estimate of drug-likeness (QED) is 0.893. The van der Waals surface area contributed by atoms with Crippen LogP contribution in [0.1, 0.15) is 75.0 Å². The summed E-state index contributed by atoms with van der Waals surface area (Å²) in [7, 11) is 0. The van der Waals surface area contributed by atoms with Crippen LogP contribution in [0.5, 0.6) is 0 Å². The number of benzene rings is 1. The average Bonchev–Trinajstić information content (AvgIpc) is 2.68. The van der Waals surface area contributed by atoms with E-state index in [2.05, 4.69) is 34.5 Å². The smallest absolute Gasteiger partial charge is 0.224 e. The first-order valence-electron chi connectivity index (χ1n) is 10.4. The molecule has 2 aliphatic carbocycles. The number of hydrogen-bond donors (Lipinski definition) is 1. The van der Waals surface area contributed by atoms with Gasteiger partial charge in [0.1, 0.15) is 0 Å². The molecule has 1 N–H and O–H groups in total. The van der Waals surface area contributed by atoms with E-state index in [1.165, 1.54) is 62.5 Å². The second-order valence-corrected chi connectivity index (χ2v) is 8.28. The van der Waals surface area contributed by atoms with E-state index < -0.39 is 0 Å². The van der Waals surface area contributed by atoms with Gasteiger partial charge in [-0.3, -0.25) is 9.69 Å². The molecule has 0 aromatic heterocycles. The number of rotatable bonds is 3. The van der Waals surface area contributed by atoms with Gasteiger partial charge in [-0.15, -0.1) is 0 Å². The molecule has 1 heterocycles. The third-order valence-electron chi connectivity index (χ3n) is 6.55. The Morgan fingerprint density at radius 1 is 0.960 bits per heavy atom. The van der Waals surface area contributed by atoms with Crippen LogP contribution < -0.4 is 5.32 Å². The lowest BCUT2D eigenvalue weighted by Gasteiger charge is -2.40. The predicted octanol–water partition coefficient (Wildman–Crippen LogP) is 4.22. The minimum atomic E-state index is 0.185. The Labute approximate surface area is 152 Å². The van der Waals surface area contributed by atoms with Crippen LogP contribution in [0.2, 0.25) is 0 Å². The van der Waals surface area contributed by atoms with E-state index >= 15 is 0 Å². The number of carbonyl (C=O) groups is 1. The minimum Gasteiger partial charge on any atom is -0.353 e. The Kier molecular flexibility index (Phi) is 5.40. The third-order valence-corrected chi connectivity index (χ3v) is 6.55. The van der Waals surface area contributed by atoms with E-state index in [4.69, 9.17) is 0 Å². The molecule has 0 radical (unpaired) electrons. The molecular weight excluding hydrogens is 308 g/mol. The van der Waals surface area contributed by atoms with Gasteiger partial charge >= 0.3 is 0 Å². The Balaban J connectivity index is 1.40. The molecule has 0 unspecified atom stereocenters. The maximum atomic E-state index is 12.8. The van der Waals surface area contributed by atoms with Crippen molar-refractivity contribution in [3.05, 3.63) is 35.4 Å². The van der Waals surface area contributed by atoms with Gasteiger partial charge in [0.25, 0.3) is 0 Å². The zero-order valence-electron chi connectivity index (χ0n) is 15.4. The summed E-state index contributed by atoms with van der Waals surface area (Å²) in [6.45, 7) is 2.09. The first-order valence-corrected chi connectivity index (χ1v) is 10.4. The SMILES string of the molecule is O=C(NC1CCCCC1)[C@H]1CCCN([C@@H]2CCCc3ccccc32)C1. The summed E-state index contributed by atoms with van der Waals surface area (Å²) < 4.78 is 0. The van der Waals surface area contributed by atoms with Crippen LogP contribution in [0.4, 0.5) is 0 Å². The number of piperidine rings is 1. The molecule has 0 spiro atoms. The van der Waals surface area contributed by atoms with Crippen LogP contribution in [0.3, 0.4) is 0 Å². The fourth-order valence-corrected chi connectivity index (χ4v) is 5.18. The van der Waals surface area contributed by atoms with E-state index in [9.17, 15) is 4.79 Å². The number of aryl methyl sites for hydroxylation is 1. The summed E-state index contributed by atoms with van der Waals surface area (Å²) in [5.74, 6) is 0.505. The number of carbonyl (C=O) groups excluding carboxylic acids is 1.